The summed E-state index contributed by atoms with van der Waals surface area (Å²) in [5.74, 6) is 0.331. The molecule has 2 aromatic rings. The summed E-state index contributed by atoms with van der Waals surface area (Å²) in [5, 5.41) is 7.53. The van der Waals surface area contributed by atoms with Crippen LogP contribution in [0.2, 0.25) is 0 Å². The molecule has 0 bridgehead atoms. The van der Waals surface area contributed by atoms with Gasteiger partial charge in [-0.2, -0.15) is 5.10 Å². The Kier molecular flexibility index (Phi) is 4.34. The Hall–Kier alpha value is -1.95. The van der Waals surface area contributed by atoms with Crippen molar-refractivity contribution in [1.29, 1.82) is 0 Å². The van der Waals surface area contributed by atoms with Crippen LogP contribution in [0.5, 0.6) is 5.75 Å². The predicted octanol–water partition coefficient (Wildman–Crippen LogP) is 2.32. The molecule has 0 radical (unpaired) electrons. The summed E-state index contributed by atoms with van der Waals surface area (Å²) in [6.45, 7) is 4.08. The molecule has 5 nitrogen and oxygen atoms in total. The Balaban J connectivity index is 2.50. The standard InChI is InChI=1S/C14H19FN4O/c1-9(2)19-14(12(20-4)8-18-19)13(16-3)11-6-5-10(15)7-17-11/h5-9,13,16H,1-4H3. The van der Waals surface area contributed by atoms with Crippen molar-refractivity contribution in [2.75, 3.05) is 14.2 Å². The molecule has 2 rings (SSSR count). The highest BCUT2D eigenvalue weighted by Crippen LogP contribution is 2.30. The molecular formula is C14H19FN4O. The number of nitrogens with one attached hydrogen (secondary N) is 1. The van der Waals surface area contributed by atoms with Crippen molar-refractivity contribution in [3.05, 3.63) is 41.7 Å². The quantitative estimate of drug-likeness (QED) is 0.912. The number of hydrogen-bond acceptors (Lipinski definition) is 4. The fraction of sp³-hybridized carbons (Fsp3) is 0.429. The lowest BCUT2D eigenvalue weighted by atomic mass is 10.1. The zero-order chi connectivity index (χ0) is 14.7. The summed E-state index contributed by atoms with van der Waals surface area (Å²) >= 11 is 0. The SMILES string of the molecule is CNC(c1ccc(F)cn1)c1c(OC)cnn1C(C)C. The molecule has 0 fully saturated rings. The first-order valence-electron chi connectivity index (χ1n) is 6.48. The highest BCUT2D eigenvalue weighted by atomic mass is 19.1. The number of halogens is 1. The first kappa shape index (κ1) is 14.5. The number of hydrogen-bond donors (Lipinski definition) is 1. The van der Waals surface area contributed by atoms with Crippen LogP contribution in [0.4, 0.5) is 4.39 Å². The van der Waals surface area contributed by atoms with Gasteiger partial charge in [0.15, 0.2) is 5.75 Å². The normalized spacial score (nSPS) is 12.7. The van der Waals surface area contributed by atoms with E-state index in [-0.39, 0.29) is 17.9 Å². The largest absolute Gasteiger partial charge is 0.493 e. The van der Waals surface area contributed by atoms with Crippen molar-refractivity contribution in [2.24, 2.45) is 0 Å². The molecule has 1 unspecified atom stereocenters. The minimum absolute atomic E-state index is 0.185. The molecule has 2 aromatic heterocycles. The van der Waals surface area contributed by atoms with Crippen LogP contribution in [0.3, 0.4) is 0 Å². The van der Waals surface area contributed by atoms with E-state index in [0.717, 1.165) is 11.4 Å². The van der Waals surface area contributed by atoms with Crippen molar-refractivity contribution >= 4 is 0 Å². The number of rotatable bonds is 5. The van der Waals surface area contributed by atoms with Crippen LogP contribution in [0.1, 0.15) is 37.3 Å². The van der Waals surface area contributed by atoms with Crippen LogP contribution in [-0.4, -0.2) is 28.9 Å². The lowest BCUT2D eigenvalue weighted by molar-refractivity contribution is 0.395. The first-order valence-corrected chi connectivity index (χ1v) is 6.48. The highest BCUT2D eigenvalue weighted by molar-refractivity contribution is 5.34. The maximum Gasteiger partial charge on any atom is 0.162 e. The maximum absolute atomic E-state index is 13.0. The number of ether oxygens (including phenoxy) is 1. The van der Waals surface area contributed by atoms with Gasteiger partial charge in [-0.1, -0.05) is 0 Å². The van der Waals surface area contributed by atoms with Crippen molar-refractivity contribution in [2.45, 2.75) is 25.9 Å². The average Bonchev–Trinajstić information content (AvgIpc) is 2.86. The molecule has 0 aromatic carbocycles. The monoisotopic (exact) mass is 278 g/mol. The molecule has 6 heteroatoms. The second-order valence-corrected chi connectivity index (χ2v) is 4.76. The van der Waals surface area contributed by atoms with Gasteiger partial charge in [0.2, 0.25) is 0 Å². The van der Waals surface area contributed by atoms with Crippen LogP contribution in [0.15, 0.2) is 24.5 Å². The number of aromatic nitrogens is 3. The van der Waals surface area contributed by atoms with Gasteiger partial charge in [0.1, 0.15) is 11.5 Å². The van der Waals surface area contributed by atoms with E-state index in [0.29, 0.717) is 5.75 Å². The van der Waals surface area contributed by atoms with Crippen molar-refractivity contribution < 1.29 is 9.13 Å². The molecule has 108 valence electrons. The summed E-state index contributed by atoms with van der Waals surface area (Å²) in [6.07, 6.45) is 2.89. The number of methoxy groups -OCH3 is 1. The van der Waals surface area contributed by atoms with Gasteiger partial charge in [-0.05, 0) is 33.0 Å². The summed E-state index contributed by atoms with van der Waals surface area (Å²) in [4.78, 5) is 4.15. The summed E-state index contributed by atoms with van der Waals surface area (Å²) in [7, 11) is 3.43. The van der Waals surface area contributed by atoms with Crippen LogP contribution < -0.4 is 10.1 Å². The predicted molar refractivity (Wildman–Crippen MR) is 74.3 cm³/mol. The highest BCUT2D eigenvalue weighted by Gasteiger charge is 2.24. The van der Waals surface area contributed by atoms with Gasteiger partial charge in [0.25, 0.3) is 0 Å². The molecule has 1 atom stereocenters. The third-order valence-electron chi connectivity index (χ3n) is 3.12. The minimum atomic E-state index is -0.354. The minimum Gasteiger partial charge on any atom is -0.493 e. The third kappa shape index (κ3) is 2.65. The molecule has 1 N–H and O–H groups in total. The van der Waals surface area contributed by atoms with Crippen LogP contribution >= 0.6 is 0 Å². The number of nitrogens with zero attached hydrogens (tertiary/aromatic N) is 3. The van der Waals surface area contributed by atoms with Gasteiger partial charge in [-0.25, -0.2) is 4.39 Å². The molecule has 0 saturated heterocycles. The summed E-state index contributed by atoms with van der Waals surface area (Å²) < 4.78 is 20.3. The van der Waals surface area contributed by atoms with Gasteiger partial charge in [0, 0.05) is 6.04 Å². The van der Waals surface area contributed by atoms with Gasteiger partial charge in [-0.3, -0.25) is 9.67 Å². The molecule has 0 saturated carbocycles. The molecular weight excluding hydrogens is 259 g/mol. The first-order chi connectivity index (χ1) is 9.58. The van der Waals surface area contributed by atoms with E-state index in [1.807, 2.05) is 25.6 Å². The van der Waals surface area contributed by atoms with E-state index < -0.39 is 0 Å². The molecule has 0 aliphatic heterocycles. The third-order valence-corrected chi connectivity index (χ3v) is 3.12. The van der Waals surface area contributed by atoms with Crippen LogP contribution in [0, 0.1) is 5.82 Å². The Morgan fingerprint density at radius 1 is 1.30 bits per heavy atom. The van der Waals surface area contributed by atoms with E-state index in [9.17, 15) is 4.39 Å². The molecule has 20 heavy (non-hydrogen) atoms. The maximum atomic E-state index is 13.0. The zero-order valence-corrected chi connectivity index (χ0v) is 12.1. The van der Waals surface area contributed by atoms with E-state index in [1.54, 1.807) is 19.4 Å². The van der Waals surface area contributed by atoms with E-state index in [2.05, 4.69) is 15.4 Å². The molecule has 0 aliphatic carbocycles. The Labute approximate surface area is 117 Å². The van der Waals surface area contributed by atoms with Gasteiger partial charge >= 0.3 is 0 Å². The van der Waals surface area contributed by atoms with Crippen molar-refractivity contribution in [3.8, 4) is 5.75 Å². The summed E-state index contributed by atoms with van der Waals surface area (Å²) in [5.41, 5.74) is 1.60. The molecule has 0 aliphatic rings. The van der Waals surface area contributed by atoms with Crippen LogP contribution in [0.25, 0.3) is 0 Å². The van der Waals surface area contributed by atoms with Crippen molar-refractivity contribution in [1.82, 2.24) is 20.1 Å². The number of pyridine rings is 1. The van der Waals surface area contributed by atoms with Gasteiger partial charge in [0.05, 0.1) is 31.2 Å². The van der Waals surface area contributed by atoms with Gasteiger partial charge < -0.3 is 10.1 Å². The second kappa shape index (κ2) is 6.00. The Morgan fingerprint density at radius 3 is 2.55 bits per heavy atom. The Morgan fingerprint density at radius 2 is 2.05 bits per heavy atom. The lowest BCUT2D eigenvalue weighted by Crippen LogP contribution is -2.24. The van der Waals surface area contributed by atoms with Gasteiger partial charge in [-0.15, -0.1) is 0 Å². The fourth-order valence-corrected chi connectivity index (χ4v) is 2.18. The average molecular weight is 278 g/mol. The topological polar surface area (TPSA) is 52.0 Å². The lowest BCUT2D eigenvalue weighted by Gasteiger charge is -2.20. The molecule has 2 heterocycles. The summed E-state index contributed by atoms with van der Waals surface area (Å²) in [6, 6.07) is 3.03. The van der Waals surface area contributed by atoms with E-state index >= 15 is 0 Å². The molecule has 0 spiro atoms. The van der Waals surface area contributed by atoms with E-state index in [1.165, 1.54) is 12.3 Å². The van der Waals surface area contributed by atoms with E-state index in [4.69, 9.17) is 4.74 Å². The second-order valence-electron chi connectivity index (χ2n) is 4.76. The smallest absolute Gasteiger partial charge is 0.162 e. The Bertz CT molecular complexity index is 565. The van der Waals surface area contributed by atoms with Crippen LogP contribution in [-0.2, 0) is 0 Å². The van der Waals surface area contributed by atoms with Crippen molar-refractivity contribution in [3.63, 3.8) is 0 Å². The zero-order valence-electron chi connectivity index (χ0n) is 12.1. The fourth-order valence-electron chi connectivity index (χ4n) is 2.18. The molecule has 0 amide bonds.